The van der Waals surface area contributed by atoms with Crippen molar-refractivity contribution >= 4 is 40.7 Å². The number of aromatic nitrogens is 1. The van der Waals surface area contributed by atoms with Gasteiger partial charge in [0.05, 0.1) is 40.6 Å². The van der Waals surface area contributed by atoms with Gasteiger partial charge in [0, 0.05) is 25.7 Å². The second kappa shape index (κ2) is 9.23. The summed E-state index contributed by atoms with van der Waals surface area (Å²) in [6.45, 7) is 2.73. The molecule has 1 fully saturated rings. The van der Waals surface area contributed by atoms with Gasteiger partial charge in [0.1, 0.15) is 18.5 Å². The number of carbonyl (C=O) groups is 2. The number of anilines is 1. The number of amides is 2. The number of carbonyl (C=O) groups excluding carboxylic acids is 2. The van der Waals surface area contributed by atoms with Gasteiger partial charge < -0.3 is 19.7 Å². The summed E-state index contributed by atoms with van der Waals surface area (Å²) < 4.78 is 11.4. The smallest absolute Gasteiger partial charge is 0.257 e. The van der Waals surface area contributed by atoms with Crippen molar-refractivity contribution in [3.8, 4) is 5.75 Å². The summed E-state index contributed by atoms with van der Waals surface area (Å²) in [5, 5.41) is 3.40. The Hall–Kier alpha value is -2.35. The zero-order chi connectivity index (χ0) is 20.1. The van der Waals surface area contributed by atoms with Gasteiger partial charge in [-0.3, -0.25) is 14.6 Å². The van der Waals surface area contributed by atoms with Crippen molar-refractivity contribution in [2.75, 3.05) is 31.6 Å². The average Bonchev–Trinajstić information content (AvgIpc) is 2.66. The van der Waals surface area contributed by atoms with E-state index in [1.165, 1.54) is 13.1 Å². The first-order valence-electron chi connectivity index (χ1n) is 8.64. The van der Waals surface area contributed by atoms with Crippen LogP contribution in [0, 0.1) is 0 Å². The summed E-state index contributed by atoms with van der Waals surface area (Å²) in [6.07, 6.45) is 2.76. The van der Waals surface area contributed by atoms with Crippen LogP contribution in [-0.2, 0) is 9.53 Å². The molecule has 3 rings (SSSR count). The Bertz CT molecular complexity index is 878. The van der Waals surface area contributed by atoms with Crippen LogP contribution in [-0.4, -0.2) is 54.1 Å². The van der Waals surface area contributed by atoms with Crippen molar-refractivity contribution in [3.05, 3.63) is 52.3 Å². The molecular formula is C19H19Cl2N3O4. The topological polar surface area (TPSA) is 80.8 Å². The molecule has 0 aliphatic carbocycles. The van der Waals surface area contributed by atoms with Gasteiger partial charge in [-0.15, -0.1) is 0 Å². The van der Waals surface area contributed by atoms with Gasteiger partial charge in [0.15, 0.2) is 0 Å². The first-order valence-corrected chi connectivity index (χ1v) is 9.40. The Balaban J connectivity index is 1.68. The summed E-state index contributed by atoms with van der Waals surface area (Å²) in [6, 6.07) is 6.60. The average molecular weight is 424 g/mol. The maximum atomic E-state index is 13.1. The minimum atomic E-state index is -0.316. The zero-order valence-electron chi connectivity index (χ0n) is 15.2. The third-order valence-corrected chi connectivity index (χ3v) is 4.60. The van der Waals surface area contributed by atoms with E-state index < -0.39 is 0 Å². The number of morpholine rings is 1. The van der Waals surface area contributed by atoms with Crippen LogP contribution in [0.1, 0.15) is 17.3 Å². The molecule has 2 aromatic rings. The number of nitrogens with zero attached hydrogens (tertiary/aromatic N) is 2. The maximum absolute atomic E-state index is 13.1. The molecule has 1 aromatic heterocycles. The van der Waals surface area contributed by atoms with Gasteiger partial charge in [0.25, 0.3) is 5.91 Å². The number of hydrogen-bond donors (Lipinski definition) is 1. The maximum Gasteiger partial charge on any atom is 0.257 e. The van der Waals surface area contributed by atoms with E-state index in [1.54, 1.807) is 35.4 Å². The molecule has 0 saturated carbocycles. The van der Waals surface area contributed by atoms with Crippen LogP contribution in [0.15, 0.2) is 36.7 Å². The van der Waals surface area contributed by atoms with Crippen molar-refractivity contribution in [1.29, 1.82) is 0 Å². The highest BCUT2D eigenvalue weighted by atomic mass is 35.5. The fraction of sp³-hybridized carbons (Fsp3) is 0.316. The summed E-state index contributed by atoms with van der Waals surface area (Å²) in [7, 11) is 0. The minimum Gasteiger partial charge on any atom is -0.489 e. The molecule has 2 heterocycles. The predicted octanol–water partition coefficient (Wildman–Crippen LogP) is 3.27. The van der Waals surface area contributed by atoms with Crippen LogP contribution in [0.4, 0.5) is 5.69 Å². The molecule has 1 atom stereocenters. The zero-order valence-corrected chi connectivity index (χ0v) is 16.7. The molecule has 0 bridgehead atoms. The Morgan fingerprint density at radius 1 is 1.36 bits per heavy atom. The van der Waals surface area contributed by atoms with Crippen molar-refractivity contribution in [3.63, 3.8) is 0 Å². The fourth-order valence-electron chi connectivity index (χ4n) is 2.86. The van der Waals surface area contributed by atoms with Crippen LogP contribution in [0.5, 0.6) is 5.75 Å². The Labute approximate surface area is 172 Å². The van der Waals surface area contributed by atoms with Gasteiger partial charge in [0.2, 0.25) is 5.91 Å². The number of rotatable bonds is 5. The first kappa shape index (κ1) is 20.4. The number of nitrogens with one attached hydrogen (secondary N) is 1. The summed E-state index contributed by atoms with van der Waals surface area (Å²) in [4.78, 5) is 30.1. The monoisotopic (exact) mass is 423 g/mol. The van der Waals surface area contributed by atoms with Crippen LogP contribution >= 0.6 is 23.2 Å². The largest absolute Gasteiger partial charge is 0.489 e. The first-order chi connectivity index (χ1) is 13.4. The fourth-order valence-corrected chi connectivity index (χ4v) is 3.28. The third-order valence-electron chi connectivity index (χ3n) is 4.08. The lowest BCUT2D eigenvalue weighted by Gasteiger charge is -2.33. The van der Waals surface area contributed by atoms with E-state index in [-0.39, 0.29) is 35.1 Å². The molecule has 1 aliphatic rings. The SMILES string of the molecule is CC(=O)Nc1cccc(Cl)c1C(=O)N1CCOC(COc2cncc(Cl)c2)C1. The normalized spacial score (nSPS) is 16.5. The molecule has 1 aliphatic heterocycles. The highest BCUT2D eigenvalue weighted by molar-refractivity contribution is 6.34. The van der Waals surface area contributed by atoms with Crippen molar-refractivity contribution in [1.82, 2.24) is 9.88 Å². The second-order valence-electron chi connectivity index (χ2n) is 6.24. The van der Waals surface area contributed by atoms with E-state index >= 15 is 0 Å². The Morgan fingerprint density at radius 2 is 2.18 bits per heavy atom. The number of hydrogen-bond acceptors (Lipinski definition) is 5. The summed E-state index contributed by atoms with van der Waals surface area (Å²) >= 11 is 12.1. The molecule has 9 heteroatoms. The van der Waals surface area contributed by atoms with Gasteiger partial charge in [-0.05, 0) is 12.1 Å². The van der Waals surface area contributed by atoms with Crippen LogP contribution in [0.25, 0.3) is 0 Å². The lowest BCUT2D eigenvalue weighted by Crippen LogP contribution is -2.47. The molecular weight excluding hydrogens is 405 g/mol. The highest BCUT2D eigenvalue weighted by Gasteiger charge is 2.28. The number of ether oxygens (including phenoxy) is 2. The molecule has 1 saturated heterocycles. The van der Waals surface area contributed by atoms with Crippen molar-refractivity contribution in [2.24, 2.45) is 0 Å². The third kappa shape index (κ3) is 5.13. The molecule has 0 radical (unpaired) electrons. The molecule has 0 spiro atoms. The minimum absolute atomic E-state index is 0.243. The predicted molar refractivity (Wildman–Crippen MR) is 106 cm³/mol. The van der Waals surface area contributed by atoms with Crippen LogP contribution in [0.3, 0.4) is 0 Å². The molecule has 1 aromatic carbocycles. The van der Waals surface area contributed by atoms with E-state index in [1.807, 2.05) is 0 Å². The van der Waals surface area contributed by atoms with Crippen LogP contribution < -0.4 is 10.1 Å². The molecule has 148 valence electrons. The molecule has 28 heavy (non-hydrogen) atoms. The summed E-state index contributed by atoms with van der Waals surface area (Å²) in [5.74, 6) is -0.0228. The lowest BCUT2D eigenvalue weighted by atomic mass is 10.1. The van der Waals surface area contributed by atoms with E-state index in [4.69, 9.17) is 32.7 Å². The van der Waals surface area contributed by atoms with E-state index in [2.05, 4.69) is 10.3 Å². The number of benzene rings is 1. The molecule has 1 N–H and O–H groups in total. The molecule has 1 unspecified atom stereocenters. The quantitative estimate of drug-likeness (QED) is 0.797. The molecule has 2 amide bonds. The highest BCUT2D eigenvalue weighted by Crippen LogP contribution is 2.27. The van der Waals surface area contributed by atoms with E-state index in [0.717, 1.165) is 0 Å². The standard InChI is InChI=1S/C19H19Cl2N3O4/c1-12(25)23-17-4-2-3-16(21)18(17)19(26)24-5-6-27-15(10-24)11-28-14-7-13(20)8-22-9-14/h2-4,7-9,15H,5-6,10-11H2,1H3,(H,23,25). The lowest BCUT2D eigenvalue weighted by molar-refractivity contribution is -0.114. The van der Waals surface area contributed by atoms with Gasteiger partial charge in [-0.2, -0.15) is 0 Å². The van der Waals surface area contributed by atoms with Crippen molar-refractivity contribution < 1.29 is 19.1 Å². The number of pyridine rings is 1. The van der Waals surface area contributed by atoms with Gasteiger partial charge in [-0.25, -0.2) is 0 Å². The van der Waals surface area contributed by atoms with Gasteiger partial charge in [-0.1, -0.05) is 29.3 Å². The van der Waals surface area contributed by atoms with Crippen LogP contribution in [0.2, 0.25) is 10.0 Å². The van der Waals surface area contributed by atoms with E-state index in [0.29, 0.717) is 36.2 Å². The van der Waals surface area contributed by atoms with E-state index in [9.17, 15) is 9.59 Å². The Kier molecular flexibility index (Phi) is 6.72. The van der Waals surface area contributed by atoms with Gasteiger partial charge >= 0.3 is 0 Å². The molecule has 7 nitrogen and oxygen atoms in total. The van der Waals surface area contributed by atoms with Crippen molar-refractivity contribution in [2.45, 2.75) is 13.0 Å². The Morgan fingerprint density at radius 3 is 2.93 bits per heavy atom. The second-order valence-corrected chi connectivity index (χ2v) is 7.08. The number of halogens is 2. The summed E-state index contributed by atoms with van der Waals surface area (Å²) in [5.41, 5.74) is 0.647.